The SMILES string of the molecule is C=CCOn1cc(C(=O)O)cn1. The maximum absolute atomic E-state index is 10.4. The molecule has 0 radical (unpaired) electrons. The van der Waals surface area contributed by atoms with E-state index in [0.717, 1.165) is 4.85 Å². The van der Waals surface area contributed by atoms with Crippen molar-refractivity contribution in [1.29, 1.82) is 0 Å². The lowest BCUT2D eigenvalue weighted by Crippen LogP contribution is -2.11. The number of hydrogen-bond acceptors (Lipinski definition) is 3. The molecular weight excluding hydrogens is 160 g/mol. The highest BCUT2D eigenvalue weighted by molar-refractivity contribution is 5.86. The van der Waals surface area contributed by atoms with Gasteiger partial charge < -0.3 is 9.94 Å². The van der Waals surface area contributed by atoms with E-state index >= 15 is 0 Å². The van der Waals surface area contributed by atoms with Gasteiger partial charge in [0.2, 0.25) is 0 Å². The Labute approximate surface area is 68.8 Å². The molecule has 64 valence electrons. The normalized spacial score (nSPS) is 9.33. The van der Waals surface area contributed by atoms with Gasteiger partial charge in [-0.05, 0) is 0 Å². The van der Waals surface area contributed by atoms with Gasteiger partial charge >= 0.3 is 5.97 Å². The summed E-state index contributed by atoms with van der Waals surface area (Å²) in [6, 6.07) is 0. The predicted molar refractivity (Wildman–Crippen MR) is 40.8 cm³/mol. The van der Waals surface area contributed by atoms with Gasteiger partial charge in [0, 0.05) is 0 Å². The number of aromatic nitrogens is 2. The van der Waals surface area contributed by atoms with Crippen molar-refractivity contribution >= 4 is 5.97 Å². The first-order chi connectivity index (χ1) is 5.74. The van der Waals surface area contributed by atoms with E-state index in [2.05, 4.69) is 11.7 Å². The zero-order valence-electron chi connectivity index (χ0n) is 6.30. The van der Waals surface area contributed by atoms with Crippen LogP contribution in [0.4, 0.5) is 0 Å². The van der Waals surface area contributed by atoms with Crippen LogP contribution in [0.2, 0.25) is 0 Å². The van der Waals surface area contributed by atoms with Gasteiger partial charge in [-0.15, -0.1) is 9.94 Å². The number of aromatic carboxylic acids is 1. The van der Waals surface area contributed by atoms with Crippen LogP contribution >= 0.6 is 0 Å². The van der Waals surface area contributed by atoms with Crippen LogP contribution in [0.5, 0.6) is 0 Å². The topological polar surface area (TPSA) is 64.3 Å². The van der Waals surface area contributed by atoms with Crippen molar-refractivity contribution in [2.75, 3.05) is 6.61 Å². The van der Waals surface area contributed by atoms with E-state index < -0.39 is 5.97 Å². The summed E-state index contributed by atoms with van der Waals surface area (Å²) in [5, 5.41) is 12.1. The Bertz CT molecular complexity index is 293. The van der Waals surface area contributed by atoms with Crippen molar-refractivity contribution < 1.29 is 14.7 Å². The third kappa shape index (κ3) is 1.85. The average molecular weight is 168 g/mol. The first kappa shape index (κ1) is 8.32. The van der Waals surface area contributed by atoms with E-state index in [1.54, 1.807) is 6.08 Å². The number of nitrogens with zero attached hydrogens (tertiary/aromatic N) is 2. The van der Waals surface area contributed by atoms with E-state index in [9.17, 15) is 4.79 Å². The number of carboxylic acid groups (broad SMARTS) is 1. The number of rotatable bonds is 4. The molecule has 0 unspecified atom stereocenters. The highest BCUT2D eigenvalue weighted by Crippen LogP contribution is 1.94. The minimum absolute atomic E-state index is 0.0964. The molecule has 1 rings (SSSR count). The molecule has 1 N–H and O–H groups in total. The highest BCUT2D eigenvalue weighted by atomic mass is 16.7. The fourth-order valence-corrected chi connectivity index (χ4v) is 0.615. The molecule has 12 heavy (non-hydrogen) atoms. The van der Waals surface area contributed by atoms with Crippen molar-refractivity contribution in [3.63, 3.8) is 0 Å². The summed E-state index contributed by atoms with van der Waals surface area (Å²) >= 11 is 0. The van der Waals surface area contributed by atoms with Gasteiger partial charge in [0.1, 0.15) is 12.2 Å². The van der Waals surface area contributed by atoms with Crippen molar-refractivity contribution in [1.82, 2.24) is 9.94 Å². The summed E-state index contributed by atoms with van der Waals surface area (Å²) in [4.78, 5) is 16.4. The Balaban J connectivity index is 2.64. The summed E-state index contributed by atoms with van der Waals surface area (Å²) in [5.41, 5.74) is 0.0964. The average Bonchev–Trinajstić information content (AvgIpc) is 2.48. The molecule has 0 spiro atoms. The number of hydrogen-bond donors (Lipinski definition) is 1. The molecule has 5 nitrogen and oxygen atoms in total. The summed E-state index contributed by atoms with van der Waals surface area (Å²) in [7, 11) is 0. The van der Waals surface area contributed by atoms with Crippen molar-refractivity contribution in [3.8, 4) is 0 Å². The molecule has 0 atom stereocenters. The van der Waals surface area contributed by atoms with Crippen LogP contribution in [0.1, 0.15) is 10.4 Å². The molecule has 0 fully saturated rings. The minimum atomic E-state index is -1.02. The molecule has 1 aromatic heterocycles. The molecule has 0 aliphatic carbocycles. The van der Waals surface area contributed by atoms with Gasteiger partial charge in [0.15, 0.2) is 0 Å². The summed E-state index contributed by atoms with van der Waals surface area (Å²) < 4.78 is 0. The number of carboxylic acids is 1. The van der Waals surface area contributed by atoms with Crippen molar-refractivity contribution in [2.24, 2.45) is 0 Å². The molecule has 1 aromatic rings. The molecule has 0 aliphatic heterocycles. The molecule has 0 aromatic carbocycles. The Hall–Kier alpha value is -1.78. The monoisotopic (exact) mass is 168 g/mol. The molecule has 1 heterocycles. The molecular formula is C7H8N2O3. The summed E-state index contributed by atoms with van der Waals surface area (Å²) in [6.07, 6.45) is 4.04. The van der Waals surface area contributed by atoms with Crippen molar-refractivity contribution in [3.05, 3.63) is 30.6 Å². The van der Waals surface area contributed by atoms with Crippen LogP contribution in [0.15, 0.2) is 25.0 Å². The number of carbonyl (C=O) groups is 1. The van der Waals surface area contributed by atoms with Crippen LogP contribution in [-0.2, 0) is 0 Å². The Morgan fingerprint density at radius 3 is 3.17 bits per heavy atom. The first-order valence-electron chi connectivity index (χ1n) is 3.26. The van der Waals surface area contributed by atoms with Gasteiger partial charge in [0.05, 0.1) is 12.4 Å². The molecule has 0 bridgehead atoms. The molecule has 0 aliphatic rings. The lowest BCUT2D eigenvalue weighted by atomic mass is 10.4. The van der Waals surface area contributed by atoms with Gasteiger partial charge in [-0.3, -0.25) is 0 Å². The quantitative estimate of drug-likeness (QED) is 0.652. The van der Waals surface area contributed by atoms with E-state index in [-0.39, 0.29) is 5.56 Å². The second-order valence-corrected chi connectivity index (χ2v) is 2.02. The minimum Gasteiger partial charge on any atom is -0.478 e. The Morgan fingerprint density at radius 2 is 2.67 bits per heavy atom. The summed E-state index contributed by atoms with van der Waals surface area (Å²) in [5.74, 6) is -1.02. The van der Waals surface area contributed by atoms with Gasteiger partial charge in [-0.1, -0.05) is 12.7 Å². The highest BCUT2D eigenvalue weighted by Gasteiger charge is 2.05. The van der Waals surface area contributed by atoms with Gasteiger partial charge in [-0.2, -0.15) is 0 Å². The molecule has 0 saturated carbocycles. The smallest absolute Gasteiger partial charge is 0.339 e. The van der Waals surface area contributed by atoms with E-state index in [0.29, 0.717) is 6.61 Å². The van der Waals surface area contributed by atoms with E-state index in [1.165, 1.54) is 12.4 Å². The lowest BCUT2D eigenvalue weighted by Gasteiger charge is -1.98. The fraction of sp³-hybridized carbons (Fsp3) is 0.143. The zero-order chi connectivity index (χ0) is 8.97. The molecule has 0 amide bonds. The maximum atomic E-state index is 10.4. The second kappa shape index (κ2) is 3.56. The second-order valence-electron chi connectivity index (χ2n) is 2.02. The largest absolute Gasteiger partial charge is 0.478 e. The van der Waals surface area contributed by atoms with Crippen molar-refractivity contribution in [2.45, 2.75) is 0 Å². The van der Waals surface area contributed by atoms with Gasteiger partial charge in [-0.25, -0.2) is 4.79 Å². The Morgan fingerprint density at radius 1 is 1.92 bits per heavy atom. The Kier molecular flexibility index (Phi) is 2.47. The van der Waals surface area contributed by atoms with Crippen LogP contribution in [0, 0.1) is 0 Å². The van der Waals surface area contributed by atoms with E-state index in [1.807, 2.05) is 0 Å². The van der Waals surface area contributed by atoms with Crippen LogP contribution in [0.3, 0.4) is 0 Å². The standard InChI is InChI=1S/C7H8N2O3/c1-2-3-12-9-5-6(4-8-9)7(10)11/h2,4-5H,1,3H2,(H,10,11). The fourth-order valence-electron chi connectivity index (χ4n) is 0.615. The first-order valence-corrected chi connectivity index (χ1v) is 3.26. The van der Waals surface area contributed by atoms with Crippen LogP contribution in [-0.4, -0.2) is 27.6 Å². The zero-order valence-corrected chi connectivity index (χ0v) is 6.30. The molecule has 0 saturated heterocycles. The predicted octanol–water partition coefficient (Wildman–Crippen LogP) is 0.196. The maximum Gasteiger partial charge on any atom is 0.339 e. The molecule has 5 heteroatoms. The third-order valence-corrected chi connectivity index (χ3v) is 1.13. The van der Waals surface area contributed by atoms with Crippen LogP contribution in [0.25, 0.3) is 0 Å². The summed E-state index contributed by atoms with van der Waals surface area (Å²) in [6.45, 7) is 3.73. The lowest BCUT2D eigenvalue weighted by molar-refractivity contribution is 0.0692. The van der Waals surface area contributed by atoms with Gasteiger partial charge in [0.25, 0.3) is 0 Å². The van der Waals surface area contributed by atoms with E-state index in [4.69, 9.17) is 9.94 Å². The van der Waals surface area contributed by atoms with Crippen LogP contribution < -0.4 is 4.84 Å². The third-order valence-electron chi connectivity index (χ3n) is 1.13.